The molecule has 1 aromatic heterocycles. The summed E-state index contributed by atoms with van der Waals surface area (Å²) in [6.45, 7) is 8.26. The van der Waals surface area contributed by atoms with Crippen LogP contribution in [0.25, 0.3) is 0 Å². The Kier molecular flexibility index (Phi) is 3.26. The van der Waals surface area contributed by atoms with Gasteiger partial charge in [0.05, 0.1) is 6.54 Å². The summed E-state index contributed by atoms with van der Waals surface area (Å²) in [5.74, 6) is 0.913. The summed E-state index contributed by atoms with van der Waals surface area (Å²) in [6.07, 6.45) is 1.81. The second-order valence-electron chi connectivity index (χ2n) is 4.88. The highest BCUT2D eigenvalue weighted by molar-refractivity contribution is 4.98. The molecule has 0 aliphatic heterocycles. The third-order valence-corrected chi connectivity index (χ3v) is 1.98. The predicted molar refractivity (Wildman–Crippen MR) is 57.3 cm³/mol. The highest BCUT2D eigenvalue weighted by Crippen LogP contribution is 2.16. The van der Waals surface area contributed by atoms with Crippen LogP contribution in [0.5, 0.6) is 0 Å². The fourth-order valence-corrected chi connectivity index (χ4v) is 1.05. The molecule has 4 heteroatoms. The normalized spacial score (nSPS) is 12.4. The van der Waals surface area contributed by atoms with Crippen molar-refractivity contribution in [3.8, 4) is 0 Å². The molecule has 4 nitrogen and oxygen atoms in total. The second-order valence-corrected chi connectivity index (χ2v) is 4.88. The Morgan fingerprint density at radius 1 is 1.36 bits per heavy atom. The van der Waals surface area contributed by atoms with Crippen molar-refractivity contribution in [1.29, 1.82) is 0 Å². The minimum Gasteiger partial charge on any atom is -0.308 e. The largest absolute Gasteiger partial charge is 0.308 e. The van der Waals surface area contributed by atoms with Crippen LogP contribution in [-0.4, -0.2) is 40.3 Å². The van der Waals surface area contributed by atoms with Crippen LogP contribution in [0.2, 0.25) is 0 Å². The number of hydrogen-bond acceptors (Lipinski definition) is 3. The molecule has 1 aromatic rings. The predicted octanol–water partition coefficient (Wildman–Crippen LogP) is 1.14. The van der Waals surface area contributed by atoms with Crippen LogP contribution in [0.15, 0.2) is 6.33 Å². The van der Waals surface area contributed by atoms with Gasteiger partial charge < -0.3 is 4.90 Å². The molecule has 0 fully saturated rings. The maximum Gasteiger partial charge on any atom is 0.155 e. The summed E-state index contributed by atoms with van der Waals surface area (Å²) in [5.41, 5.74) is 0.0450. The van der Waals surface area contributed by atoms with Crippen LogP contribution in [0, 0.1) is 0 Å². The zero-order valence-electron chi connectivity index (χ0n) is 9.78. The minimum absolute atomic E-state index is 0.0450. The molecule has 0 radical (unpaired) electrons. The number of nitrogens with zero attached hydrogens (tertiary/aromatic N) is 4. The number of aromatic nitrogens is 3. The highest BCUT2D eigenvalue weighted by atomic mass is 15.3. The van der Waals surface area contributed by atoms with Crippen LogP contribution in [0.1, 0.15) is 26.6 Å². The van der Waals surface area contributed by atoms with E-state index in [-0.39, 0.29) is 5.41 Å². The summed E-state index contributed by atoms with van der Waals surface area (Å²) in [7, 11) is 4.11. The molecule has 1 heterocycles. The van der Waals surface area contributed by atoms with Crippen molar-refractivity contribution in [1.82, 2.24) is 19.7 Å². The lowest BCUT2D eigenvalue weighted by Gasteiger charge is -2.12. The van der Waals surface area contributed by atoms with Gasteiger partial charge in [-0.05, 0) is 14.1 Å². The molecule has 80 valence electrons. The van der Waals surface area contributed by atoms with E-state index >= 15 is 0 Å². The number of likely N-dealkylation sites (N-methyl/N-ethyl adjacent to an activating group) is 1. The Bertz CT molecular complexity index is 283. The lowest BCUT2D eigenvalue weighted by Crippen LogP contribution is -2.19. The molecular weight excluding hydrogens is 176 g/mol. The fraction of sp³-hybridized carbons (Fsp3) is 0.800. The Balaban J connectivity index is 2.60. The van der Waals surface area contributed by atoms with Crippen LogP contribution in [-0.2, 0) is 12.0 Å². The van der Waals surface area contributed by atoms with E-state index in [1.54, 1.807) is 0 Å². The average molecular weight is 196 g/mol. The summed E-state index contributed by atoms with van der Waals surface area (Å²) in [5, 5.41) is 4.43. The van der Waals surface area contributed by atoms with Crippen molar-refractivity contribution in [2.24, 2.45) is 0 Å². The first-order valence-electron chi connectivity index (χ1n) is 4.94. The van der Waals surface area contributed by atoms with Gasteiger partial charge in [-0.15, -0.1) is 0 Å². The smallest absolute Gasteiger partial charge is 0.155 e. The van der Waals surface area contributed by atoms with Crippen LogP contribution >= 0.6 is 0 Å². The van der Waals surface area contributed by atoms with Crippen LogP contribution in [0.3, 0.4) is 0 Å². The van der Waals surface area contributed by atoms with E-state index in [1.165, 1.54) is 0 Å². The van der Waals surface area contributed by atoms with E-state index < -0.39 is 0 Å². The van der Waals surface area contributed by atoms with Gasteiger partial charge in [0.2, 0.25) is 0 Å². The van der Waals surface area contributed by atoms with E-state index in [4.69, 9.17) is 0 Å². The van der Waals surface area contributed by atoms with Gasteiger partial charge in [0.25, 0.3) is 0 Å². The van der Waals surface area contributed by atoms with E-state index in [1.807, 2.05) is 11.0 Å². The maximum absolute atomic E-state index is 4.43. The van der Waals surface area contributed by atoms with Crippen molar-refractivity contribution in [3.63, 3.8) is 0 Å². The van der Waals surface area contributed by atoms with E-state index in [0.29, 0.717) is 0 Å². The van der Waals surface area contributed by atoms with Crippen molar-refractivity contribution in [2.45, 2.75) is 32.7 Å². The maximum atomic E-state index is 4.43. The molecule has 0 unspecified atom stereocenters. The van der Waals surface area contributed by atoms with Gasteiger partial charge in [-0.1, -0.05) is 20.8 Å². The lowest BCUT2D eigenvalue weighted by atomic mass is 9.96. The van der Waals surface area contributed by atoms with E-state index in [9.17, 15) is 0 Å². The molecular formula is C10H20N4. The molecule has 1 rings (SSSR count). The monoisotopic (exact) mass is 196 g/mol. The van der Waals surface area contributed by atoms with Gasteiger partial charge in [-0.25, -0.2) is 4.98 Å². The minimum atomic E-state index is 0.0450. The first-order chi connectivity index (χ1) is 6.39. The van der Waals surface area contributed by atoms with Crippen molar-refractivity contribution < 1.29 is 0 Å². The van der Waals surface area contributed by atoms with Crippen LogP contribution in [0.4, 0.5) is 0 Å². The zero-order valence-corrected chi connectivity index (χ0v) is 9.78. The summed E-state index contributed by atoms with van der Waals surface area (Å²) < 4.78 is 1.90. The quantitative estimate of drug-likeness (QED) is 0.727. The molecule has 14 heavy (non-hydrogen) atoms. The topological polar surface area (TPSA) is 34.0 Å². The average Bonchev–Trinajstić information content (AvgIpc) is 2.47. The number of rotatable bonds is 3. The van der Waals surface area contributed by atoms with Gasteiger partial charge >= 0.3 is 0 Å². The Morgan fingerprint density at radius 3 is 2.43 bits per heavy atom. The first kappa shape index (κ1) is 11.2. The molecule has 0 saturated heterocycles. The Morgan fingerprint density at radius 2 is 2.00 bits per heavy atom. The third-order valence-electron chi connectivity index (χ3n) is 1.98. The molecule has 0 aliphatic rings. The molecule has 0 saturated carbocycles. The van der Waals surface area contributed by atoms with E-state index in [0.717, 1.165) is 18.9 Å². The van der Waals surface area contributed by atoms with Crippen LogP contribution < -0.4 is 0 Å². The van der Waals surface area contributed by atoms with Gasteiger partial charge in [0, 0.05) is 12.0 Å². The van der Waals surface area contributed by atoms with Gasteiger partial charge in [-0.2, -0.15) is 5.10 Å². The van der Waals surface area contributed by atoms with Crippen molar-refractivity contribution in [2.75, 3.05) is 20.6 Å². The molecule has 0 bridgehead atoms. The number of hydrogen-bond donors (Lipinski definition) is 0. The van der Waals surface area contributed by atoms with Crippen molar-refractivity contribution in [3.05, 3.63) is 12.2 Å². The van der Waals surface area contributed by atoms with Gasteiger partial charge in [0.1, 0.15) is 6.33 Å². The SMILES string of the molecule is CN(C)CCn1cnc(C(C)(C)C)n1. The summed E-state index contributed by atoms with van der Waals surface area (Å²) >= 11 is 0. The van der Waals surface area contributed by atoms with Gasteiger partial charge in [-0.3, -0.25) is 4.68 Å². The fourth-order valence-electron chi connectivity index (χ4n) is 1.05. The van der Waals surface area contributed by atoms with E-state index in [2.05, 4.69) is 49.8 Å². The molecule has 0 atom stereocenters. The summed E-state index contributed by atoms with van der Waals surface area (Å²) in [4.78, 5) is 6.44. The van der Waals surface area contributed by atoms with Gasteiger partial charge in [0.15, 0.2) is 5.82 Å². The Hall–Kier alpha value is -0.900. The lowest BCUT2D eigenvalue weighted by molar-refractivity contribution is 0.370. The zero-order chi connectivity index (χ0) is 10.8. The second kappa shape index (κ2) is 4.09. The summed E-state index contributed by atoms with van der Waals surface area (Å²) in [6, 6.07) is 0. The standard InChI is InChI=1S/C10H20N4/c1-10(2,3)9-11-8-14(12-9)7-6-13(4)5/h8H,6-7H2,1-5H3. The van der Waals surface area contributed by atoms with Crippen molar-refractivity contribution >= 4 is 0 Å². The molecule has 0 aromatic carbocycles. The molecule has 0 amide bonds. The molecule has 0 spiro atoms. The Labute approximate surface area is 85.9 Å². The third kappa shape index (κ3) is 3.10. The first-order valence-corrected chi connectivity index (χ1v) is 4.94. The molecule has 0 N–H and O–H groups in total. The highest BCUT2D eigenvalue weighted by Gasteiger charge is 2.18. The molecule has 0 aliphatic carbocycles.